The fraction of sp³-hybridized carbons (Fsp3) is 0.667. The minimum Gasteiger partial charge on any atom is -0.333 e. The van der Waals surface area contributed by atoms with Gasteiger partial charge in [0.05, 0.1) is 5.75 Å². The summed E-state index contributed by atoms with van der Waals surface area (Å²) in [6.07, 6.45) is 1.81. The number of halogens is 1. The molecular formula is C9H15ClN2O4S2. The van der Waals surface area contributed by atoms with Crippen LogP contribution in [-0.4, -0.2) is 37.9 Å². The predicted molar refractivity (Wildman–Crippen MR) is 68.9 cm³/mol. The van der Waals surface area contributed by atoms with Crippen LogP contribution >= 0.6 is 10.7 Å². The monoisotopic (exact) mass is 314 g/mol. The molecule has 0 aliphatic heterocycles. The van der Waals surface area contributed by atoms with Gasteiger partial charge in [0, 0.05) is 29.2 Å². The van der Waals surface area contributed by atoms with E-state index in [2.05, 4.69) is 4.98 Å². The zero-order valence-electron chi connectivity index (χ0n) is 10.1. The van der Waals surface area contributed by atoms with Gasteiger partial charge in [-0.3, -0.25) is 0 Å². The average molecular weight is 315 g/mol. The average Bonchev–Trinajstić information content (AvgIpc) is 2.56. The third kappa shape index (κ3) is 4.25. The standard InChI is InChI=1S/C9H15ClN2O4S2/c1-3-5-17(13,14)6-4-12-7-9(11-8(12)2)18(10,15)16/h7H,3-6H2,1-2H3. The maximum absolute atomic E-state index is 11.5. The molecule has 0 bridgehead atoms. The number of rotatable bonds is 6. The normalized spacial score (nSPS) is 12.8. The maximum Gasteiger partial charge on any atom is 0.280 e. The van der Waals surface area contributed by atoms with Crippen molar-refractivity contribution >= 4 is 29.6 Å². The summed E-state index contributed by atoms with van der Waals surface area (Å²) in [6, 6.07) is 0. The Morgan fingerprint density at radius 2 is 1.89 bits per heavy atom. The van der Waals surface area contributed by atoms with Gasteiger partial charge in [-0.2, -0.15) is 0 Å². The molecule has 0 saturated heterocycles. The second-order valence-corrected chi connectivity index (χ2v) is 8.73. The Hall–Kier alpha value is -0.600. The smallest absolute Gasteiger partial charge is 0.280 e. The highest BCUT2D eigenvalue weighted by Crippen LogP contribution is 2.14. The summed E-state index contributed by atoms with van der Waals surface area (Å²) in [5, 5.41) is -0.255. The Bertz CT molecular complexity index is 619. The van der Waals surface area contributed by atoms with Gasteiger partial charge in [0.2, 0.25) is 0 Å². The lowest BCUT2D eigenvalue weighted by Gasteiger charge is -2.05. The first-order valence-electron chi connectivity index (χ1n) is 5.34. The zero-order valence-corrected chi connectivity index (χ0v) is 12.5. The molecule has 6 nitrogen and oxygen atoms in total. The molecule has 1 rings (SSSR count). The first-order chi connectivity index (χ1) is 8.15. The third-order valence-electron chi connectivity index (χ3n) is 2.36. The van der Waals surface area contributed by atoms with Crippen molar-refractivity contribution in [3.63, 3.8) is 0 Å². The predicted octanol–water partition coefficient (Wildman–Crippen LogP) is 0.944. The number of aromatic nitrogens is 2. The van der Waals surface area contributed by atoms with Crippen LogP contribution < -0.4 is 0 Å². The van der Waals surface area contributed by atoms with E-state index in [1.807, 2.05) is 0 Å². The summed E-state index contributed by atoms with van der Waals surface area (Å²) in [5.41, 5.74) is 0. The maximum atomic E-state index is 11.5. The second-order valence-electron chi connectivity index (χ2n) is 3.91. The molecule has 18 heavy (non-hydrogen) atoms. The van der Waals surface area contributed by atoms with E-state index >= 15 is 0 Å². The van der Waals surface area contributed by atoms with E-state index in [4.69, 9.17) is 10.7 Å². The highest BCUT2D eigenvalue weighted by atomic mass is 35.7. The van der Waals surface area contributed by atoms with Crippen molar-refractivity contribution in [2.45, 2.75) is 31.8 Å². The number of hydrogen-bond donors (Lipinski definition) is 0. The largest absolute Gasteiger partial charge is 0.333 e. The summed E-state index contributed by atoms with van der Waals surface area (Å²) in [6.45, 7) is 3.56. The van der Waals surface area contributed by atoms with Crippen LogP contribution in [0.15, 0.2) is 11.2 Å². The van der Waals surface area contributed by atoms with Crippen molar-refractivity contribution in [1.29, 1.82) is 0 Å². The molecule has 1 aromatic heterocycles. The molecule has 0 spiro atoms. The second kappa shape index (κ2) is 5.58. The Balaban J connectivity index is 2.84. The van der Waals surface area contributed by atoms with E-state index in [0.29, 0.717) is 12.2 Å². The van der Waals surface area contributed by atoms with E-state index in [1.165, 1.54) is 10.8 Å². The van der Waals surface area contributed by atoms with Gasteiger partial charge in [-0.25, -0.2) is 21.8 Å². The molecular weight excluding hydrogens is 300 g/mol. The molecule has 1 aromatic rings. The van der Waals surface area contributed by atoms with Crippen LogP contribution in [0.4, 0.5) is 0 Å². The van der Waals surface area contributed by atoms with Crippen molar-refractivity contribution in [3.05, 3.63) is 12.0 Å². The van der Waals surface area contributed by atoms with Crippen molar-refractivity contribution in [2.75, 3.05) is 11.5 Å². The topological polar surface area (TPSA) is 86.1 Å². The summed E-state index contributed by atoms with van der Waals surface area (Å²) < 4.78 is 46.7. The van der Waals surface area contributed by atoms with E-state index in [0.717, 1.165) is 0 Å². The number of nitrogens with zero attached hydrogens (tertiary/aromatic N) is 2. The van der Waals surface area contributed by atoms with Crippen LogP contribution in [-0.2, 0) is 25.4 Å². The van der Waals surface area contributed by atoms with E-state index in [1.54, 1.807) is 13.8 Å². The van der Waals surface area contributed by atoms with Crippen LogP contribution in [0.1, 0.15) is 19.2 Å². The molecule has 0 fully saturated rings. The van der Waals surface area contributed by atoms with E-state index < -0.39 is 18.9 Å². The van der Waals surface area contributed by atoms with Crippen LogP contribution in [0.5, 0.6) is 0 Å². The molecule has 0 amide bonds. The van der Waals surface area contributed by atoms with Gasteiger partial charge in [-0.15, -0.1) is 0 Å². The quantitative estimate of drug-likeness (QED) is 0.729. The molecule has 9 heteroatoms. The molecule has 0 atom stereocenters. The van der Waals surface area contributed by atoms with Gasteiger partial charge in [-0.05, 0) is 13.3 Å². The molecule has 0 aliphatic rings. The minimum atomic E-state index is -3.88. The molecule has 0 N–H and O–H groups in total. The first-order valence-corrected chi connectivity index (χ1v) is 9.47. The minimum absolute atomic E-state index is 0.0419. The summed E-state index contributed by atoms with van der Waals surface area (Å²) in [7, 11) is -1.82. The summed E-state index contributed by atoms with van der Waals surface area (Å²) in [4.78, 5) is 3.78. The van der Waals surface area contributed by atoms with Gasteiger partial charge in [0.15, 0.2) is 14.9 Å². The van der Waals surface area contributed by atoms with Crippen molar-refractivity contribution in [2.24, 2.45) is 0 Å². The molecule has 0 aliphatic carbocycles. The molecule has 1 heterocycles. The zero-order chi connectivity index (χ0) is 14.0. The van der Waals surface area contributed by atoms with Gasteiger partial charge in [0.1, 0.15) is 5.82 Å². The summed E-state index contributed by atoms with van der Waals surface area (Å²) in [5.74, 6) is 0.502. The van der Waals surface area contributed by atoms with Crippen LogP contribution in [0, 0.1) is 6.92 Å². The third-order valence-corrected chi connectivity index (χ3v) is 5.37. The van der Waals surface area contributed by atoms with Gasteiger partial charge in [0.25, 0.3) is 9.05 Å². The van der Waals surface area contributed by atoms with Gasteiger partial charge >= 0.3 is 0 Å². The molecule has 0 aromatic carbocycles. The van der Waals surface area contributed by atoms with Crippen LogP contribution in [0.25, 0.3) is 0 Å². The van der Waals surface area contributed by atoms with E-state index in [-0.39, 0.29) is 23.1 Å². The van der Waals surface area contributed by atoms with Gasteiger partial charge < -0.3 is 4.57 Å². The lowest BCUT2D eigenvalue weighted by molar-refractivity contribution is 0.586. The van der Waals surface area contributed by atoms with Crippen LogP contribution in [0.2, 0.25) is 0 Å². The molecule has 0 saturated carbocycles. The number of imidazole rings is 1. The van der Waals surface area contributed by atoms with Crippen molar-refractivity contribution < 1.29 is 16.8 Å². The van der Waals surface area contributed by atoms with Crippen molar-refractivity contribution in [1.82, 2.24) is 9.55 Å². The van der Waals surface area contributed by atoms with E-state index in [9.17, 15) is 16.8 Å². The Labute approximate surface area is 111 Å². The highest BCUT2D eigenvalue weighted by Gasteiger charge is 2.17. The van der Waals surface area contributed by atoms with Crippen molar-refractivity contribution in [3.8, 4) is 0 Å². The lowest BCUT2D eigenvalue weighted by Crippen LogP contribution is -2.16. The van der Waals surface area contributed by atoms with Crippen LogP contribution in [0.3, 0.4) is 0 Å². The fourth-order valence-electron chi connectivity index (χ4n) is 1.47. The first kappa shape index (κ1) is 15.5. The Morgan fingerprint density at radius 1 is 1.28 bits per heavy atom. The lowest BCUT2D eigenvalue weighted by atomic mass is 10.6. The summed E-state index contributed by atoms with van der Waals surface area (Å²) >= 11 is 0. The highest BCUT2D eigenvalue weighted by molar-refractivity contribution is 8.13. The Morgan fingerprint density at radius 3 is 2.33 bits per heavy atom. The van der Waals surface area contributed by atoms with Gasteiger partial charge in [-0.1, -0.05) is 6.92 Å². The molecule has 0 unspecified atom stereocenters. The SMILES string of the molecule is CCCS(=O)(=O)CCn1cc(S(=O)(=O)Cl)nc1C. The Kier molecular flexibility index (Phi) is 4.79. The number of sulfone groups is 1. The molecule has 0 radical (unpaired) electrons. The fourth-order valence-corrected chi connectivity index (χ4v) is 3.49. The molecule has 104 valence electrons. The number of hydrogen-bond acceptors (Lipinski definition) is 5. The number of aryl methyl sites for hydroxylation is 2.